The highest BCUT2D eigenvalue weighted by atomic mass is 16.1. The number of rotatable bonds is 3. The van der Waals surface area contributed by atoms with Crippen LogP contribution < -0.4 is 11.1 Å². The number of amides is 1. The molecule has 0 spiro atoms. The normalized spacial score (nSPS) is 23.7. The van der Waals surface area contributed by atoms with Crippen LogP contribution in [0.4, 0.5) is 0 Å². The van der Waals surface area contributed by atoms with Gasteiger partial charge in [-0.25, -0.2) is 0 Å². The molecule has 0 aromatic carbocycles. The number of pyridine rings is 1. The molecule has 0 radical (unpaired) electrons. The van der Waals surface area contributed by atoms with Crippen molar-refractivity contribution in [3.8, 4) is 0 Å². The molecule has 1 amide bonds. The number of carbonyl (C=O) groups is 1. The molecule has 1 saturated carbocycles. The third-order valence-corrected chi connectivity index (χ3v) is 3.67. The van der Waals surface area contributed by atoms with Gasteiger partial charge in [-0.1, -0.05) is 12.8 Å². The van der Waals surface area contributed by atoms with Crippen LogP contribution in [-0.4, -0.2) is 23.5 Å². The summed E-state index contributed by atoms with van der Waals surface area (Å²) in [7, 11) is 0. The number of carbonyl (C=O) groups excluding carboxylic acids is 1. The van der Waals surface area contributed by atoms with Gasteiger partial charge in [0.2, 0.25) is 0 Å². The Bertz CT molecular complexity index is 402. The lowest BCUT2D eigenvalue weighted by Crippen LogP contribution is -2.41. The molecule has 1 fully saturated rings. The highest BCUT2D eigenvalue weighted by molar-refractivity contribution is 5.93. The molecule has 18 heavy (non-hydrogen) atoms. The van der Waals surface area contributed by atoms with E-state index in [9.17, 15) is 4.79 Å². The maximum atomic E-state index is 11.9. The molecule has 4 nitrogen and oxygen atoms in total. The zero-order valence-electron chi connectivity index (χ0n) is 10.9. The lowest BCUT2D eigenvalue weighted by Gasteiger charge is -2.28. The maximum Gasteiger partial charge on any atom is 0.252 e. The van der Waals surface area contributed by atoms with Crippen LogP contribution in [0.3, 0.4) is 0 Å². The van der Waals surface area contributed by atoms with E-state index in [2.05, 4.69) is 10.3 Å². The van der Waals surface area contributed by atoms with Crippen molar-refractivity contribution in [2.45, 2.75) is 38.6 Å². The second kappa shape index (κ2) is 5.96. The fraction of sp³-hybridized carbons (Fsp3) is 0.571. The Balaban J connectivity index is 1.86. The van der Waals surface area contributed by atoms with Gasteiger partial charge in [-0.3, -0.25) is 9.78 Å². The maximum absolute atomic E-state index is 11.9. The van der Waals surface area contributed by atoms with Crippen molar-refractivity contribution in [2.75, 3.05) is 6.54 Å². The number of hydrogen-bond acceptors (Lipinski definition) is 3. The zero-order chi connectivity index (χ0) is 13.0. The van der Waals surface area contributed by atoms with Crippen LogP contribution >= 0.6 is 0 Å². The molecule has 1 aliphatic carbocycles. The molecular formula is C14H21N3O. The molecule has 1 aromatic heterocycles. The van der Waals surface area contributed by atoms with E-state index in [1.165, 1.54) is 12.8 Å². The van der Waals surface area contributed by atoms with Gasteiger partial charge in [-0.2, -0.15) is 0 Å². The molecule has 3 N–H and O–H groups in total. The minimum absolute atomic E-state index is 0.0553. The van der Waals surface area contributed by atoms with E-state index in [4.69, 9.17) is 5.73 Å². The highest BCUT2D eigenvalue weighted by Gasteiger charge is 2.22. The van der Waals surface area contributed by atoms with Gasteiger partial charge in [0.1, 0.15) is 0 Å². The number of aromatic nitrogens is 1. The number of nitrogens with two attached hydrogens (primary N) is 1. The summed E-state index contributed by atoms with van der Waals surface area (Å²) >= 11 is 0. The molecule has 2 unspecified atom stereocenters. The van der Waals surface area contributed by atoms with Gasteiger partial charge in [0.15, 0.2) is 0 Å². The molecular weight excluding hydrogens is 226 g/mol. The Hall–Kier alpha value is -1.42. The minimum atomic E-state index is -0.0553. The molecule has 1 aliphatic rings. The van der Waals surface area contributed by atoms with Crippen molar-refractivity contribution in [3.05, 3.63) is 29.6 Å². The van der Waals surface area contributed by atoms with Crippen molar-refractivity contribution in [1.29, 1.82) is 0 Å². The first kappa shape index (κ1) is 13.0. The molecule has 4 heteroatoms. The Morgan fingerprint density at radius 1 is 1.44 bits per heavy atom. The Labute approximate surface area is 108 Å². The van der Waals surface area contributed by atoms with E-state index in [1.807, 2.05) is 13.0 Å². The Morgan fingerprint density at radius 2 is 2.22 bits per heavy atom. The van der Waals surface area contributed by atoms with E-state index in [1.54, 1.807) is 12.3 Å². The van der Waals surface area contributed by atoms with Crippen LogP contribution in [0.2, 0.25) is 0 Å². The van der Waals surface area contributed by atoms with E-state index in [-0.39, 0.29) is 11.9 Å². The molecule has 0 aliphatic heterocycles. The number of nitrogens with one attached hydrogen (secondary N) is 1. The fourth-order valence-electron chi connectivity index (χ4n) is 2.42. The largest absolute Gasteiger partial charge is 0.352 e. The topological polar surface area (TPSA) is 68.0 Å². The van der Waals surface area contributed by atoms with E-state index >= 15 is 0 Å². The summed E-state index contributed by atoms with van der Waals surface area (Å²) < 4.78 is 0. The van der Waals surface area contributed by atoms with Crippen LogP contribution in [0.1, 0.15) is 41.7 Å². The van der Waals surface area contributed by atoms with Gasteiger partial charge in [-0.15, -0.1) is 0 Å². The van der Waals surface area contributed by atoms with Crippen LogP contribution in [-0.2, 0) is 0 Å². The molecule has 98 valence electrons. The van der Waals surface area contributed by atoms with Crippen LogP contribution in [0, 0.1) is 12.8 Å². The van der Waals surface area contributed by atoms with Gasteiger partial charge in [0, 0.05) is 24.5 Å². The monoisotopic (exact) mass is 247 g/mol. The molecule has 1 heterocycles. The number of aryl methyl sites for hydroxylation is 1. The van der Waals surface area contributed by atoms with E-state index in [0.29, 0.717) is 18.0 Å². The first-order chi connectivity index (χ1) is 8.66. The number of hydrogen-bond donors (Lipinski definition) is 2. The van der Waals surface area contributed by atoms with Crippen molar-refractivity contribution in [3.63, 3.8) is 0 Å². The summed E-state index contributed by atoms with van der Waals surface area (Å²) in [5, 5.41) is 2.96. The van der Waals surface area contributed by atoms with Crippen molar-refractivity contribution >= 4 is 5.91 Å². The van der Waals surface area contributed by atoms with E-state index < -0.39 is 0 Å². The van der Waals surface area contributed by atoms with Crippen molar-refractivity contribution in [2.24, 2.45) is 11.7 Å². The third-order valence-electron chi connectivity index (χ3n) is 3.67. The number of nitrogens with zero attached hydrogens (tertiary/aromatic N) is 1. The van der Waals surface area contributed by atoms with Crippen LogP contribution in [0.25, 0.3) is 0 Å². The third kappa shape index (κ3) is 3.29. The van der Waals surface area contributed by atoms with Gasteiger partial charge in [0.25, 0.3) is 5.91 Å². The first-order valence-electron chi connectivity index (χ1n) is 6.63. The van der Waals surface area contributed by atoms with Gasteiger partial charge < -0.3 is 11.1 Å². The summed E-state index contributed by atoms with van der Waals surface area (Å²) in [5.41, 5.74) is 7.59. The van der Waals surface area contributed by atoms with Gasteiger partial charge in [-0.05, 0) is 37.8 Å². The summed E-state index contributed by atoms with van der Waals surface area (Å²) in [6, 6.07) is 3.88. The van der Waals surface area contributed by atoms with E-state index in [0.717, 1.165) is 18.5 Å². The lowest BCUT2D eigenvalue weighted by atomic mass is 9.85. The zero-order valence-corrected chi connectivity index (χ0v) is 10.9. The average molecular weight is 247 g/mol. The Morgan fingerprint density at radius 3 is 2.89 bits per heavy atom. The average Bonchev–Trinajstić information content (AvgIpc) is 2.38. The predicted molar refractivity (Wildman–Crippen MR) is 71.2 cm³/mol. The van der Waals surface area contributed by atoms with Gasteiger partial charge >= 0.3 is 0 Å². The summed E-state index contributed by atoms with van der Waals surface area (Å²) in [6.45, 7) is 2.58. The second-order valence-electron chi connectivity index (χ2n) is 5.11. The SMILES string of the molecule is Cc1ccc(C(=O)NCC2CCCCC2N)cn1. The molecule has 2 atom stereocenters. The quantitative estimate of drug-likeness (QED) is 0.853. The summed E-state index contributed by atoms with van der Waals surface area (Å²) in [4.78, 5) is 16.0. The predicted octanol–water partition coefficient (Wildman–Crippen LogP) is 1.64. The van der Waals surface area contributed by atoms with Gasteiger partial charge in [0.05, 0.1) is 5.56 Å². The van der Waals surface area contributed by atoms with Crippen LogP contribution in [0.15, 0.2) is 18.3 Å². The van der Waals surface area contributed by atoms with Crippen LogP contribution in [0.5, 0.6) is 0 Å². The molecule has 2 rings (SSSR count). The summed E-state index contributed by atoms with van der Waals surface area (Å²) in [6.07, 6.45) is 6.25. The first-order valence-corrected chi connectivity index (χ1v) is 6.63. The molecule has 0 bridgehead atoms. The molecule has 1 aromatic rings. The second-order valence-corrected chi connectivity index (χ2v) is 5.11. The standard InChI is InChI=1S/C14H21N3O/c1-10-6-7-12(9-16-10)14(18)17-8-11-4-2-3-5-13(11)15/h6-7,9,11,13H,2-5,8,15H2,1H3,(H,17,18). The Kier molecular flexibility index (Phi) is 4.31. The van der Waals surface area contributed by atoms with Crippen molar-refractivity contribution in [1.82, 2.24) is 10.3 Å². The molecule has 0 saturated heterocycles. The van der Waals surface area contributed by atoms with Crippen molar-refractivity contribution < 1.29 is 4.79 Å². The summed E-state index contributed by atoms with van der Waals surface area (Å²) in [5.74, 6) is 0.362. The smallest absolute Gasteiger partial charge is 0.252 e. The lowest BCUT2D eigenvalue weighted by molar-refractivity contribution is 0.0941. The highest BCUT2D eigenvalue weighted by Crippen LogP contribution is 2.22. The fourth-order valence-corrected chi connectivity index (χ4v) is 2.42. The minimum Gasteiger partial charge on any atom is -0.352 e.